The smallest absolute Gasteiger partial charge is 0.744 e. The van der Waals surface area contributed by atoms with Crippen molar-refractivity contribution in [3.05, 3.63) is 54.6 Å². The van der Waals surface area contributed by atoms with Gasteiger partial charge in [-0.25, -0.2) is 25.3 Å². The minimum atomic E-state index is -5.25. The Hall–Kier alpha value is -0.350. The Morgan fingerprint density at radius 3 is 1.71 bits per heavy atom. The van der Waals surface area contributed by atoms with E-state index in [1.165, 1.54) is 43.4 Å². The molecule has 268 valence electrons. The first-order valence-electron chi connectivity index (χ1n) is 12.8. The van der Waals surface area contributed by atoms with Crippen molar-refractivity contribution >= 4 is 88.6 Å². The normalized spacial score (nSPS) is 11.9. The summed E-state index contributed by atoms with van der Waals surface area (Å²) in [5.41, 5.74) is 6.42. The molecule has 0 aliphatic carbocycles. The second-order valence-electron chi connectivity index (χ2n) is 8.85. The summed E-state index contributed by atoms with van der Waals surface area (Å²) in [4.78, 5) is -1.55. The van der Waals surface area contributed by atoms with E-state index in [9.17, 15) is 40.3 Å². The molecule has 0 saturated heterocycles. The van der Waals surface area contributed by atoms with Crippen molar-refractivity contribution in [2.75, 3.05) is 42.8 Å². The number of sulfone groups is 2. The van der Waals surface area contributed by atoms with Crippen LogP contribution in [0.15, 0.2) is 89.7 Å². The molecule has 3 rings (SSSR count). The van der Waals surface area contributed by atoms with Gasteiger partial charge in [-0.1, -0.05) is 0 Å². The van der Waals surface area contributed by atoms with Crippen LogP contribution in [0.5, 0.6) is 0 Å². The van der Waals surface area contributed by atoms with Crippen LogP contribution in [-0.2, 0) is 56.9 Å². The molecule has 29 heteroatoms. The van der Waals surface area contributed by atoms with Gasteiger partial charge in [0.25, 0.3) is 0 Å². The molecule has 0 aliphatic rings. The Morgan fingerprint density at radius 1 is 0.692 bits per heavy atom. The first-order valence-corrected chi connectivity index (χ1v) is 18.9. The Bertz CT molecular complexity index is 1980. The summed E-state index contributed by atoms with van der Waals surface area (Å²) in [5, 5.41) is 44.3. The third-order valence-electron chi connectivity index (χ3n) is 5.79. The predicted molar refractivity (Wildman–Crippen MR) is 165 cm³/mol. The van der Waals surface area contributed by atoms with Crippen LogP contribution in [0.1, 0.15) is 0 Å². The zero-order valence-corrected chi connectivity index (χ0v) is 37.6. The van der Waals surface area contributed by atoms with Crippen molar-refractivity contribution in [2.45, 2.75) is 14.7 Å². The predicted octanol–water partition coefficient (Wildman–Crippen LogP) is -6.79. The van der Waals surface area contributed by atoms with E-state index < -0.39 is 63.4 Å². The molecule has 0 spiro atoms. The number of hydrogen-bond donors (Lipinski definition) is 2. The standard InChI is InChI=1S/C23H26N6O15S5.3Na/c1-25-21-13-18(24)20(28-26-15-2-4-16(5-3-15)47(32,33)10-8-39-45-43-41-30)14-22(21)29-27-19-7-6-17(12-23(19)49(36,37)38)48(34,35)11-9-40-46-44-42-31;;;/h2-7,12-14,25,30-31H,8-11,24H2,1H3,(H,36,37,38);;;/q;3*+1/p-3. The minimum Gasteiger partial charge on any atom is -0.744 e. The van der Waals surface area contributed by atoms with E-state index in [0.29, 0.717) is 11.8 Å². The maximum absolute atomic E-state index is 12.6. The van der Waals surface area contributed by atoms with Gasteiger partial charge in [0, 0.05) is 7.05 Å². The largest absolute Gasteiger partial charge is 1.00 e. The molecule has 0 aliphatic heterocycles. The van der Waals surface area contributed by atoms with Crippen LogP contribution in [0.4, 0.5) is 34.1 Å². The second kappa shape index (κ2) is 25.0. The summed E-state index contributed by atoms with van der Waals surface area (Å²) in [6.45, 7) is -0.780. The summed E-state index contributed by atoms with van der Waals surface area (Å²) in [5.74, 6) is -1.10. The van der Waals surface area contributed by atoms with Crippen LogP contribution in [0.25, 0.3) is 0 Å². The van der Waals surface area contributed by atoms with Crippen LogP contribution >= 0.6 is 24.6 Å². The Labute approximate surface area is 372 Å². The van der Waals surface area contributed by atoms with E-state index in [1.807, 2.05) is 0 Å². The molecule has 52 heavy (non-hydrogen) atoms. The van der Waals surface area contributed by atoms with E-state index in [-0.39, 0.29) is 148 Å². The van der Waals surface area contributed by atoms with Gasteiger partial charge in [-0.3, -0.25) is 18.4 Å². The van der Waals surface area contributed by atoms with Crippen molar-refractivity contribution in [3.63, 3.8) is 0 Å². The molecule has 0 amide bonds. The molecule has 0 saturated carbocycles. The summed E-state index contributed by atoms with van der Waals surface area (Å²) in [6, 6.07) is 10.7. The summed E-state index contributed by atoms with van der Waals surface area (Å²) in [7, 11) is -11.6. The fourth-order valence-electron chi connectivity index (χ4n) is 3.53. The van der Waals surface area contributed by atoms with Gasteiger partial charge in [0.15, 0.2) is 44.3 Å². The van der Waals surface area contributed by atoms with Gasteiger partial charge >= 0.3 is 88.7 Å². The number of azo groups is 2. The zero-order valence-electron chi connectivity index (χ0n) is 27.6. The van der Waals surface area contributed by atoms with Crippen LogP contribution in [0, 0.1) is 0 Å². The van der Waals surface area contributed by atoms with Gasteiger partial charge in [0.2, 0.25) is 0 Å². The van der Waals surface area contributed by atoms with Crippen molar-refractivity contribution in [2.24, 2.45) is 20.5 Å². The molecule has 0 atom stereocenters. The van der Waals surface area contributed by atoms with E-state index in [2.05, 4.69) is 48.7 Å². The maximum Gasteiger partial charge on any atom is 1.00 e. The molecule has 21 nitrogen and oxygen atoms in total. The summed E-state index contributed by atoms with van der Waals surface area (Å²) in [6.07, 6.45) is 0. The van der Waals surface area contributed by atoms with E-state index in [1.54, 1.807) is 0 Å². The fourth-order valence-corrected chi connectivity index (χ4v) is 7.08. The number of rotatable bonds is 20. The van der Waals surface area contributed by atoms with Gasteiger partial charge in [0.05, 0.1) is 56.5 Å². The first kappa shape index (κ1) is 51.6. The van der Waals surface area contributed by atoms with Crippen molar-refractivity contribution in [1.82, 2.24) is 0 Å². The van der Waals surface area contributed by atoms with Crippen molar-refractivity contribution in [1.29, 1.82) is 0 Å². The molecular formula is C23H23N6Na3O15S5. The maximum atomic E-state index is 12.6. The quantitative estimate of drug-likeness (QED) is 0.0156. The average Bonchev–Trinajstić information content (AvgIpc) is 3.06. The van der Waals surface area contributed by atoms with Gasteiger partial charge in [-0.2, -0.15) is 5.11 Å². The van der Waals surface area contributed by atoms with Crippen LogP contribution in [0.2, 0.25) is 0 Å². The number of nitrogen functional groups attached to an aromatic ring is 1. The van der Waals surface area contributed by atoms with Gasteiger partial charge in [-0.05, 0) is 54.6 Å². The van der Waals surface area contributed by atoms with Crippen LogP contribution in [-0.4, -0.2) is 61.6 Å². The molecule has 3 aromatic carbocycles. The third kappa shape index (κ3) is 16.4. The summed E-state index contributed by atoms with van der Waals surface area (Å²) < 4.78 is 103. The van der Waals surface area contributed by atoms with E-state index in [0.717, 1.165) is 12.1 Å². The van der Waals surface area contributed by atoms with Crippen LogP contribution < -0.4 is 110 Å². The molecule has 3 aromatic rings. The van der Waals surface area contributed by atoms with Crippen LogP contribution in [0.3, 0.4) is 0 Å². The third-order valence-corrected chi connectivity index (χ3v) is 10.8. The van der Waals surface area contributed by atoms with E-state index in [4.69, 9.17) is 9.92 Å². The Kier molecular flexibility index (Phi) is 24.8. The zero-order chi connectivity index (χ0) is 36.1. The number of anilines is 2. The molecule has 0 bridgehead atoms. The van der Waals surface area contributed by atoms with Crippen molar-refractivity contribution in [3.8, 4) is 0 Å². The molecule has 0 radical (unpaired) electrons. The Balaban J connectivity index is 0.00000867. The monoisotopic (exact) mass is 852 g/mol. The minimum absolute atomic E-state index is 0. The number of nitrogens with one attached hydrogen (secondary N) is 1. The number of hydrogen-bond acceptors (Lipinski definition) is 23. The van der Waals surface area contributed by atoms with E-state index >= 15 is 0 Å². The first-order chi connectivity index (χ1) is 23.2. The number of benzene rings is 3. The number of nitrogens with zero attached hydrogens (tertiary/aromatic N) is 4. The van der Waals surface area contributed by atoms with Gasteiger partial charge < -0.3 is 26.1 Å². The van der Waals surface area contributed by atoms with Crippen molar-refractivity contribution < 1.29 is 156 Å². The molecular weight excluding hydrogens is 830 g/mol. The molecule has 0 unspecified atom stereocenters. The molecule has 0 fully saturated rings. The van der Waals surface area contributed by atoms with Gasteiger partial charge in [0.1, 0.15) is 27.2 Å². The summed E-state index contributed by atoms with van der Waals surface area (Å²) >= 11 is 0.263. The Morgan fingerprint density at radius 2 is 1.19 bits per heavy atom. The molecule has 3 N–H and O–H groups in total. The molecule has 0 aromatic heterocycles. The molecule has 0 heterocycles. The topological polar surface area (TPSA) is 314 Å². The number of nitrogens with two attached hydrogens (primary N) is 1. The van der Waals surface area contributed by atoms with Gasteiger partial charge in [-0.15, -0.1) is 24.0 Å². The second-order valence-corrected chi connectivity index (χ2v) is 15.4. The average molecular weight is 853 g/mol. The fraction of sp³-hybridized carbons (Fsp3) is 0.217. The SMILES string of the molecule is CNc1cc(N)c(N=Nc2ccc(S(=O)(=O)CCOSOO[O-])cc2)cc1N=Nc1ccc(S(=O)(=O)CCOSOO[O-])cc1S(=O)(=O)[O-].[Na+].[Na+].[Na+].